The van der Waals surface area contributed by atoms with E-state index in [-0.39, 0.29) is 35.3 Å². The van der Waals surface area contributed by atoms with E-state index in [1.165, 1.54) is 12.7 Å². The number of hydrogen-bond donors (Lipinski definition) is 1. The lowest BCUT2D eigenvalue weighted by atomic mass is 10.0. The Morgan fingerprint density at radius 1 is 1.05 bits per heavy atom. The predicted molar refractivity (Wildman–Crippen MR) is 162 cm³/mol. The van der Waals surface area contributed by atoms with Crippen molar-refractivity contribution in [3.05, 3.63) is 77.2 Å². The van der Waals surface area contributed by atoms with E-state index < -0.39 is 14.4 Å². The number of fused-ring (bicyclic) bond motifs is 1. The zero-order valence-corrected chi connectivity index (χ0v) is 25.7. The molecule has 1 aliphatic rings. The number of nitrogens with one attached hydrogen (secondary N) is 1. The van der Waals surface area contributed by atoms with Gasteiger partial charge in [-0.1, -0.05) is 57.2 Å². The number of rotatable bonds is 9. The Labute approximate surface area is 238 Å². The summed E-state index contributed by atoms with van der Waals surface area (Å²) in [5, 5.41) is 3.02. The van der Waals surface area contributed by atoms with Gasteiger partial charge in [0, 0.05) is 25.4 Å². The number of aromatic nitrogens is 2. The van der Waals surface area contributed by atoms with Crippen LogP contribution in [0.2, 0.25) is 18.1 Å². The van der Waals surface area contributed by atoms with Crippen molar-refractivity contribution in [1.29, 1.82) is 0 Å². The van der Waals surface area contributed by atoms with Gasteiger partial charge in [-0.3, -0.25) is 19.3 Å². The Bertz CT molecular complexity index is 1390. The van der Waals surface area contributed by atoms with Crippen LogP contribution in [0.25, 0.3) is 11.3 Å². The number of nitrogens with zero attached hydrogens (tertiary/aromatic N) is 3. The van der Waals surface area contributed by atoms with Gasteiger partial charge < -0.3 is 14.3 Å². The molecule has 1 aliphatic heterocycles. The lowest BCUT2D eigenvalue weighted by Gasteiger charge is -2.38. The average Bonchev–Trinajstić information content (AvgIpc) is 3.37. The van der Waals surface area contributed by atoms with Crippen LogP contribution in [0.15, 0.2) is 54.7 Å². The summed E-state index contributed by atoms with van der Waals surface area (Å²) in [6, 6.07) is 14.4. The quantitative estimate of drug-likeness (QED) is 0.303. The van der Waals surface area contributed by atoms with Crippen molar-refractivity contribution in [2.75, 3.05) is 6.54 Å². The Hall–Kier alpha value is -3.50. The summed E-state index contributed by atoms with van der Waals surface area (Å²) in [4.78, 5) is 43.8. The predicted octanol–water partition coefficient (Wildman–Crippen LogP) is 4.72. The molecule has 4 rings (SSSR count). The van der Waals surface area contributed by atoms with Crippen molar-refractivity contribution in [2.24, 2.45) is 7.05 Å². The van der Waals surface area contributed by atoms with Gasteiger partial charge in [-0.05, 0) is 49.2 Å². The van der Waals surface area contributed by atoms with Crippen LogP contribution in [0.4, 0.5) is 4.79 Å². The van der Waals surface area contributed by atoms with Crippen LogP contribution in [0, 0.1) is 0 Å². The maximum absolute atomic E-state index is 12.9. The molecule has 2 unspecified atom stereocenters. The normalized spacial score (nSPS) is 15.2. The largest absolute Gasteiger partial charge is 0.407 e. The lowest BCUT2D eigenvalue weighted by Crippen LogP contribution is -2.46. The van der Waals surface area contributed by atoms with Crippen molar-refractivity contribution in [3.8, 4) is 11.3 Å². The molecule has 2 aromatic carbocycles. The molecule has 8 nitrogen and oxygen atoms in total. The number of imidazole rings is 1. The molecule has 0 saturated heterocycles. The highest BCUT2D eigenvalue weighted by atomic mass is 28.4. The van der Waals surface area contributed by atoms with E-state index in [1.807, 2.05) is 42.1 Å². The molecular weight excluding hydrogens is 519 g/mol. The van der Waals surface area contributed by atoms with E-state index in [1.54, 1.807) is 24.3 Å². The molecule has 0 bridgehead atoms. The number of amides is 3. The number of hydrogen-bond acceptors (Lipinski definition) is 5. The van der Waals surface area contributed by atoms with Crippen LogP contribution in [-0.4, -0.2) is 60.8 Å². The first-order valence-corrected chi connectivity index (χ1v) is 16.6. The number of aryl methyl sites for hydroxylation is 1. The Morgan fingerprint density at radius 3 is 2.15 bits per heavy atom. The van der Waals surface area contributed by atoms with E-state index >= 15 is 0 Å². The zero-order chi connectivity index (χ0) is 29.4. The fourth-order valence-corrected chi connectivity index (χ4v) is 6.18. The minimum Gasteiger partial charge on any atom is -0.407 e. The van der Waals surface area contributed by atoms with Crippen LogP contribution in [0.5, 0.6) is 0 Å². The Kier molecular flexibility index (Phi) is 8.24. The van der Waals surface area contributed by atoms with E-state index in [0.717, 1.165) is 22.6 Å². The van der Waals surface area contributed by atoms with Gasteiger partial charge >= 0.3 is 0 Å². The zero-order valence-electron chi connectivity index (χ0n) is 24.7. The summed E-state index contributed by atoms with van der Waals surface area (Å²) in [5.41, 5.74) is 3.61. The fraction of sp³-hybridized carbons (Fsp3) is 0.400. The van der Waals surface area contributed by atoms with Gasteiger partial charge in [-0.25, -0.2) is 4.98 Å². The van der Waals surface area contributed by atoms with Gasteiger partial charge in [0.15, 0.2) is 14.1 Å². The van der Waals surface area contributed by atoms with E-state index in [2.05, 4.69) is 46.1 Å². The molecule has 0 aliphatic carbocycles. The first kappa shape index (κ1) is 29.5. The fourth-order valence-electron chi connectivity index (χ4n) is 4.84. The Morgan fingerprint density at radius 2 is 1.62 bits per heavy atom. The highest BCUT2D eigenvalue weighted by Crippen LogP contribution is 2.39. The summed E-state index contributed by atoms with van der Waals surface area (Å²) in [7, 11) is 1.48. The topological polar surface area (TPSA) is 93.5 Å². The average molecular weight is 559 g/mol. The summed E-state index contributed by atoms with van der Waals surface area (Å²) < 4.78 is 8.60. The van der Waals surface area contributed by atoms with Crippen LogP contribution in [0.3, 0.4) is 0 Å². The molecular formula is C30H39BN4O4Si. The molecule has 2 atom stereocenters. The molecule has 1 N–H and O–H groups in total. The molecule has 3 aromatic rings. The van der Waals surface area contributed by atoms with Gasteiger partial charge in [0.05, 0.1) is 22.9 Å². The molecule has 2 heterocycles. The summed E-state index contributed by atoms with van der Waals surface area (Å²) in [5.74, 6) is 0.0110. The van der Waals surface area contributed by atoms with Crippen molar-refractivity contribution < 1.29 is 18.8 Å². The Balaban J connectivity index is 1.47. The van der Waals surface area contributed by atoms with Crippen LogP contribution >= 0.6 is 0 Å². The van der Waals surface area contributed by atoms with Crippen molar-refractivity contribution >= 4 is 33.8 Å². The third kappa shape index (κ3) is 6.13. The number of carbonyl (C=O) groups is 3. The van der Waals surface area contributed by atoms with Gasteiger partial charge in [-0.2, -0.15) is 0 Å². The highest BCUT2D eigenvalue weighted by Gasteiger charge is 2.39. The van der Waals surface area contributed by atoms with E-state index in [9.17, 15) is 14.4 Å². The van der Waals surface area contributed by atoms with Gasteiger partial charge in [-0.15, -0.1) is 0 Å². The standard InChI is InChI=1S/C30H39BN4O4Si/c1-19(39-40(6,7)30(2,3)4)26-33-25(18-34(26)5)21-14-12-20(13-15-21)16-22(32-29(31)38)17-35-27(36)23-10-8-9-11-24(23)28(35)37/h8-15,18-19,22H,16-17,31H2,1-7H3,(H,32,38). The summed E-state index contributed by atoms with van der Waals surface area (Å²) in [6.07, 6.45) is 2.36. The van der Waals surface area contributed by atoms with Crippen molar-refractivity contribution in [3.63, 3.8) is 0 Å². The third-order valence-corrected chi connectivity index (χ3v) is 12.5. The molecule has 3 amide bonds. The highest BCUT2D eigenvalue weighted by molar-refractivity contribution is 6.74. The second kappa shape index (κ2) is 11.2. The number of imide groups is 1. The summed E-state index contributed by atoms with van der Waals surface area (Å²) in [6.45, 7) is 13.3. The van der Waals surface area contributed by atoms with E-state index in [4.69, 9.17) is 9.41 Å². The maximum Gasteiger partial charge on any atom is 0.261 e. The van der Waals surface area contributed by atoms with Crippen LogP contribution < -0.4 is 5.32 Å². The maximum atomic E-state index is 12.9. The SMILES string of the molecule is BC(=O)NC(Cc1ccc(-c2cn(C)c(C(C)O[Si](C)(C)C(C)(C)C)n2)cc1)CN1C(=O)c2ccccc2C1=O. The number of carbonyl (C=O) groups excluding carboxylic acids is 3. The second-order valence-electron chi connectivity index (χ2n) is 12.2. The molecule has 210 valence electrons. The summed E-state index contributed by atoms with van der Waals surface area (Å²) >= 11 is 0. The van der Waals surface area contributed by atoms with E-state index in [0.29, 0.717) is 17.5 Å². The van der Waals surface area contributed by atoms with Crippen LogP contribution in [-0.2, 0) is 17.9 Å². The molecule has 0 radical (unpaired) electrons. The first-order chi connectivity index (χ1) is 18.7. The molecule has 0 spiro atoms. The minimum absolute atomic E-state index is 0.101. The van der Waals surface area contributed by atoms with Crippen LogP contribution in [0.1, 0.15) is 65.9 Å². The third-order valence-electron chi connectivity index (χ3n) is 7.97. The van der Waals surface area contributed by atoms with Gasteiger partial charge in [0.25, 0.3) is 11.8 Å². The first-order valence-electron chi connectivity index (χ1n) is 13.7. The molecule has 0 fully saturated rings. The van der Waals surface area contributed by atoms with Gasteiger partial charge in [0.1, 0.15) is 11.9 Å². The minimum atomic E-state index is -1.95. The van der Waals surface area contributed by atoms with Crippen molar-refractivity contribution in [1.82, 2.24) is 19.8 Å². The molecule has 1 aromatic heterocycles. The van der Waals surface area contributed by atoms with Gasteiger partial charge in [0.2, 0.25) is 7.85 Å². The molecule has 40 heavy (non-hydrogen) atoms. The van der Waals surface area contributed by atoms with Crippen molar-refractivity contribution in [2.45, 2.75) is 64.4 Å². The molecule has 10 heteroatoms. The molecule has 0 saturated carbocycles. The second-order valence-corrected chi connectivity index (χ2v) is 16.9. The monoisotopic (exact) mass is 558 g/mol. The lowest BCUT2D eigenvalue weighted by molar-refractivity contribution is 0.0639. The number of benzene rings is 2. The smallest absolute Gasteiger partial charge is 0.261 e.